The molecule has 2 aromatic carbocycles. The van der Waals surface area contributed by atoms with Gasteiger partial charge in [0, 0.05) is 51.0 Å². The molecular formula is C24H30ClN3O4S. The molecule has 0 aliphatic carbocycles. The normalized spacial score (nSPS) is 17.7. The van der Waals surface area contributed by atoms with Gasteiger partial charge in [-0.1, -0.05) is 29.8 Å². The van der Waals surface area contributed by atoms with Crippen molar-refractivity contribution in [2.75, 3.05) is 51.3 Å². The number of anilines is 1. The van der Waals surface area contributed by atoms with E-state index in [9.17, 15) is 13.2 Å². The summed E-state index contributed by atoms with van der Waals surface area (Å²) in [6, 6.07) is 12.6. The maximum atomic E-state index is 13.2. The minimum absolute atomic E-state index is 0.0426. The SMILES string of the molecule is CN(Cc1ccccc1N1CCCCC1)C(=O)c1ccc(Cl)c(S(=O)(=O)N2CCOCC2)c1. The number of para-hydroxylation sites is 1. The molecule has 178 valence electrons. The Bertz CT molecular complexity index is 1100. The van der Waals surface area contributed by atoms with Crippen molar-refractivity contribution in [2.24, 2.45) is 0 Å². The van der Waals surface area contributed by atoms with Gasteiger partial charge >= 0.3 is 0 Å². The van der Waals surface area contributed by atoms with Gasteiger partial charge in [-0.05, 0) is 49.1 Å². The lowest BCUT2D eigenvalue weighted by Crippen LogP contribution is -2.40. The predicted molar refractivity (Wildman–Crippen MR) is 129 cm³/mol. The molecule has 9 heteroatoms. The van der Waals surface area contributed by atoms with Crippen LogP contribution >= 0.6 is 11.6 Å². The Kier molecular flexibility index (Phi) is 7.58. The summed E-state index contributed by atoms with van der Waals surface area (Å²) in [4.78, 5) is 17.2. The number of rotatable bonds is 6. The van der Waals surface area contributed by atoms with Gasteiger partial charge in [0.2, 0.25) is 10.0 Å². The molecule has 4 rings (SSSR count). The minimum Gasteiger partial charge on any atom is -0.379 e. The maximum absolute atomic E-state index is 13.2. The molecule has 2 aliphatic rings. The number of morpholine rings is 1. The van der Waals surface area contributed by atoms with E-state index in [1.54, 1.807) is 18.0 Å². The van der Waals surface area contributed by atoms with Crippen LogP contribution in [0, 0.1) is 0 Å². The van der Waals surface area contributed by atoms with E-state index in [-0.39, 0.29) is 28.9 Å². The van der Waals surface area contributed by atoms with Crippen molar-refractivity contribution in [1.29, 1.82) is 0 Å². The Morgan fingerprint density at radius 1 is 1.03 bits per heavy atom. The third-order valence-electron chi connectivity index (χ3n) is 6.21. The first-order valence-electron chi connectivity index (χ1n) is 11.3. The Morgan fingerprint density at radius 2 is 1.73 bits per heavy atom. The van der Waals surface area contributed by atoms with E-state index in [1.807, 2.05) is 18.2 Å². The van der Waals surface area contributed by atoms with Crippen LogP contribution in [0.2, 0.25) is 5.02 Å². The molecule has 2 aromatic rings. The first-order chi connectivity index (χ1) is 15.9. The van der Waals surface area contributed by atoms with Gasteiger partial charge in [-0.15, -0.1) is 0 Å². The fraction of sp³-hybridized carbons (Fsp3) is 0.458. The van der Waals surface area contributed by atoms with Gasteiger partial charge in [-0.3, -0.25) is 4.79 Å². The van der Waals surface area contributed by atoms with Crippen molar-refractivity contribution in [3.63, 3.8) is 0 Å². The van der Waals surface area contributed by atoms with Crippen LogP contribution in [0.1, 0.15) is 35.2 Å². The smallest absolute Gasteiger partial charge is 0.253 e. The van der Waals surface area contributed by atoms with E-state index in [1.165, 1.54) is 35.7 Å². The Hall–Kier alpha value is -2.13. The molecule has 2 fully saturated rings. The molecule has 33 heavy (non-hydrogen) atoms. The van der Waals surface area contributed by atoms with E-state index < -0.39 is 10.0 Å². The highest BCUT2D eigenvalue weighted by molar-refractivity contribution is 7.89. The van der Waals surface area contributed by atoms with Gasteiger partial charge < -0.3 is 14.5 Å². The molecule has 0 saturated carbocycles. The Balaban J connectivity index is 1.55. The van der Waals surface area contributed by atoms with Crippen molar-refractivity contribution < 1.29 is 17.9 Å². The molecule has 0 unspecified atom stereocenters. The molecule has 0 spiro atoms. The number of carbonyl (C=O) groups excluding carboxylic acids is 1. The quantitative estimate of drug-likeness (QED) is 0.617. The van der Waals surface area contributed by atoms with Crippen LogP contribution in [0.4, 0.5) is 5.69 Å². The third kappa shape index (κ3) is 5.35. The van der Waals surface area contributed by atoms with Crippen LogP contribution in [-0.4, -0.2) is 70.0 Å². The van der Waals surface area contributed by atoms with Gasteiger partial charge in [0.15, 0.2) is 0 Å². The summed E-state index contributed by atoms with van der Waals surface area (Å²) in [6.45, 7) is 3.69. The molecule has 0 atom stereocenters. The summed E-state index contributed by atoms with van der Waals surface area (Å²) < 4.78 is 32.9. The van der Waals surface area contributed by atoms with Crippen molar-refractivity contribution >= 4 is 33.2 Å². The summed E-state index contributed by atoms with van der Waals surface area (Å²) in [5, 5.41) is 0.108. The molecular weight excluding hydrogens is 462 g/mol. The molecule has 0 bridgehead atoms. The first kappa shape index (κ1) is 24.0. The number of hydrogen-bond acceptors (Lipinski definition) is 5. The number of sulfonamides is 1. The van der Waals surface area contributed by atoms with E-state index in [4.69, 9.17) is 16.3 Å². The van der Waals surface area contributed by atoms with Gasteiger partial charge in [-0.2, -0.15) is 4.31 Å². The molecule has 2 aliphatic heterocycles. The van der Waals surface area contributed by atoms with Gasteiger partial charge in [0.1, 0.15) is 4.90 Å². The first-order valence-corrected chi connectivity index (χ1v) is 13.2. The zero-order chi connectivity index (χ0) is 23.4. The van der Waals surface area contributed by atoms with Crippen LogP contribution in [0.3, 0.4) is 0 Å². The van der Waals surface area contributed by atoms with Crippen LogP contribution in [0.5, 0.6) is 0 Å². The van der Waals surface area contributed by atoms with E-state index in [0.717, 1.165) is 24.3 Å². The van der Waals surface area contributed by atoms with E-state index in [2.05, 4.69) is 11.0 Å². The van der Waals surface area contributed by atoms with Gasteiger partial charge in [0.05, 0.1) is 18.2 Å². The van der Waals surface area contributed by atoms with Crippen LogP contribution < -0.4 is 4.90 Å². The van der Waals surface area contributed by atoms with Crippen molar-refractivity contribution in [2.45, 2.75) is 30.7 Å². The summed E-state index contributed by atoms with van der Waals surface area (Å²) in [6.07, 6.45) is 3.60. The molecule has 1 amide bonds. The van der Waals surface area contributed by atoms with Crippen LogP contribution in [0.15, 0.2) is 47.4 Å². The average Bonchev–Trinajstić information content (AvgIpc) is 2.85. The van der Waals surface area contributed by atoms with E-state index >= 15 is 0 Å². The number of hydrogen-bond donors (Lipinski definition) is 0. The van der Waals surface area contributed by atoms with Crippen molar-refractivity contribution in [1.82, 2.24) is 9.21 Å². The molecule has 2 saturated heterocycles. The fourth-order valence-corrected chi connectivity index (χ4v) is 6.30. The number of ether oxygens (including phenoxy) is 1. The van der Waals surface area contributed by atoms with E-state index in [0.29, 0.717) is 25.3 Å². The molecule has 0 aromatic heterocycles. The molecule has 0 radical (unpaired) electrons. The largest absolute Gasteiger partial charge is 0.379 e. The summed E-state index contributed by atoms with van der Waals surface area (Å²) in [5.74, 6) is -0.251. The third-order valence-corrected chi connectivity index (χ3v) is 8.59. The molecule has 2 heterocycles. The zero-order valence-corrected chi connectivity index (χ0v) is 20.4. The lowest BCUT2D eigenvalue weighted by molar-refractivity contribution is 0.0730. The zero-order valence-electron chi connectivity index (χ0n) is 18.9. The number of halogens is 1. The maximum Gasteiger partial charge on any atom is 0.253 e. The highest BCUT2D eigenvalue weighted by Crippen LogP contribution is 2.28. The number of benzene rings is 2. The number of nitrogens with zero attached hydrogens (tertiary/aromatic N) is 3. The molecule has 0 N–H and O–H groups in total. The fourth-order valence-electron chi connectivity index (χ4n) is 4.40. The lowest BCUT2D eigenvalue weighted by atomic mass is 10.1. The standard InChI is InChI=1S/C24H30ClN3O4S/c1-26(18-20-7-3-4-8-22(20)27-11-5-2-6-12-27)24(29)19-9-10-21(25)23(17-19)33(30,31)28-13-15-32-16-14-28/h3-4,7-10,17H,2,5-6,11-16,18H2,1H3. The lowest BCUT2D eigenvalue weighted by Gasteiger charge is -2.31. The second-order valence-electron chi connectivity index (χ2n) is 8.50. The second kappa shape index (κ2) is 10.4. The van der Waals surface area contributed by atoms with Crippen molar-refractivity contribution in [3.8, 4) is 0 Å². The van der Waals surface area contributed by atoms with Crippen molar-refractivity contribution in [3.05, 3.63) is 58.6 Å². The topological polar surface area (TPSA) is 70.2 Å². The highest BCUT2D eigenvalue weighted by Gasteiger charge is 2.29. The summed E-state index contributed by atoms with van der Waals surface area (Å²) >= 11 is 6.25. The summed E-state index contributed by atoms with van der Waals surface area (Å²) in [7, 11) is -2.07. The summed E-state index contributed by atoms with van der Waals surface area (Å²) in [5.41, 5.74) is 2.53. The Morgan fingerprint density at radius 3 is 2.45 bits per heavy atom. The Labute approximate surface area is 200 Å². The number of carbonyl (C=O) groups is 1. The minimum atomic E-state index is -3.81. The number of piperidine rings is 1. The second-order valence-corrected chi connectivity index (χ2v) is 10.8. The van der Waals surface area contributed by atoms with Crippen LogP contribution in [-0.2, 0) is 21.3 Å². The number of amides is 1. The van der Waals surface area contributed by atoms with Gasteiger partial charge in [0.25, 0.3) is 5.91 Å². The monoisotopic (exact) mass is 491 g/mol. The average molecular weight is 492 g/mol. The highest BCUT2D eigenvalue weighted by atomic mass is 35.5. The van der Waals surface area contributed by atoms with Gasteiger partial charge in [-0.25, -0.2) is 8.42 Å². The predicted octanol–water partition coefficient (Wildman–Crippen LogP) is 3.62. The molecule has 7 nitrogen and oxygen atoms in total. The van der Waals surface area contributed by atoms with Crippen LogP contribution in [0.25, 0.3) is 0 Å².